The van der Waals surface area contributed by atoms with Crippen molar-refractivity contribution in [2.24, 2.45) is 0 Å². The molecule has 2 N–H and O–H groups in total. The molecule has 0 fully saturated rings. The summed E-state index contributed by atoms with van der Waals surface area (Å²) in [6.07, 6.45) is 3.25. The van der Waals surface area contributed by atoms with Crippen LogP contribution >= 0.6 is 35.3 Å². The maximum atomic E-state index is 13.4. The van der Waals surface area contributed by atoms with Crippen LogP contribution in [-0.2, 0) is 0 Å². The van der Waals surface area contributed by atoms with Gasteiger partial charge < -0.3 is 24.7 Å². The zero-order chi connectivity index (χ0) is 56.6. The molecular weight excluding hydrogens is 1080 g/mol. The molecule has 2 aliphatic heterocycles. The standard InChI is InChI=1S/C63H55N13O3S3/c1-7-74(8-2)61(77)36-22-28-39(29-23-36)80-45-19-13-16-42-48(45)56-66-53(42)67-57-49-44(18-15-20-46(49)81-40-30-24-37(25-31-40)62(78)75(9-3)10-4)55(70-57)71-59-51-52(65-35-34-64-51)60(73-59)72-58-50-43(54(68-56)69-58)17-14-21-47(50)82-41-32-26-38(27-33-41)63(79)76(11-5)12-6/h13-35H,7-12H2,1-6H3,(H2,66,67,68,69,70,71,72,73). The van der Waals surface area contributed by atoms with Gasteiger partial charge in [0.2, 0.25) is 0 Å². The van der Waals surface area contributed by atoms with E-state index in [0.29, 0.717) is 113 Å². The van der Waals surface area contributed by atoms with Crippen molar-refractivity contribution in [1.29, 1.82) is 0 Å². The molecule has 0 aliphatic carbocycles. The normalized spacial score (nSPS) is 11.6. The van der Waals surface area contributed by atoms with Crippen molar-refractivity contribution in [2.45, 2.75) is 70.9 Å². The summed E-state index contributed by atoms with van der Waals surface area (Å²) in [7, 11) is 0. The summed E-state index contributed by atoms with van der Waals surface area (Å²) < 4.78 is 0. The van der Waals surface area contributed by atoms with Gasteiger partial charge in [-0.15, -0.1) is 0 Å². The van der Waals surface area contributed by atoms with E-state index < -0.39 is 0 Å². The quantitative estimate of drug-likeness (QED) is 0.0983. The van der Waals surface area contributed by atoms with Crippen molar-refractivity contribution in [3.63, 3.8) is 0 Å². The molecule has 0 unspecified atom stereocenters. The number of rotatable bonds is 15. The molecule has 6 heterocycles. The van der Waals surface area contributed by atoms with Crippen molar-refractivity contribution in [2.75, 3.05) is 39.3 Å². The van der Waals surface area contributed by atoms with E-state index >= 15 is 0 Å². The van der Waals surface area contributed by atoms with Crippen LogP contribution in [-0.4, -0.2) is 122 Å². The predicted molar refractivity (Wildman–Crippen MR) is 325 cm³/mol. The molecule has 19 heteroatoms. The monoisotopic (exact) mass is 1140 g/mol. The highest BCUT2D eigenvalue weighted by Gasteiger charge is 2.28. The highest BCUT2D eigenvalue weighted by molar-refractivity contribution is 8.00. The number of aromatic amines is 2. The number of aromatic nitrogens is 10. The Bertz CT molecular complexity index is 4230. The lowest BCUT2D eigenvalue weighted by atomic mass is 10.1. The third kappa shape index (κ3) is 10.1. The molecule has 0 spiro atoms. The second kappa shape index (κ2) is 23.0. The Hall–Kier alpha value is -8.78. The number of carbonyl (C=O) groups is 3. The Morgan fingerprint density at radius 2 is 0.744 bits per heavy atom. The number of nitrogens with one attached hydrogen (secondary N) is 2. The van der Waals surface area contributed by atoms with Crippen LogP contribution in [0.2, 0.25) is 0 Å². The van der Waals surface area contributed by atoms with Gasteiger partial charge in [-0.05, 0) is 133 Å². The number of nitrogens with zero attached hydrogens (tertiary/aromatic N) is 11. The molecule has 3 amide bonds. The van der Waals surface area contributed by atoms with Gasteiger partial charge in [-0.2, -0.15) is 0 Å². The fourth-order valence-electron chi connectivity index (χ4n) is 10.3. The van der Waals surface area contributed by atoms with Gasteiger partial charge in [-0.3, -0.25) is 14.4 Å². The summed E-state index contributed by atoms with van der Waals surface area (Å²) in [4.78, 5) is 99.4. The van der Waals surface area contributed by atoms with Crippen molar-refractivity contribution >= 4 is 97.4 Å². The van der Waals surface area contributed by atoms with Crippen LogP contribution in [0, 0.1) is 0 Å². The lowest BCUT2D eigenvalue weighted by Crippen LogP contribution is -2.30. The van der Waals surface area contributed by atoms with E-state index in [1.54, 1.807) is 47.7 Å². The summed E-state index contributed by atoms with van der Waals surface area (Å²) in [6.45, 7) is 15.6. The molecule has 6 aromatic carbocycles. The molecule has 2 aliphatic rings. The van der Waals surface area contributed by atoms with Gasteiger partial charge in [0.1, 0.15) is 22.3 Å². The van der Waals surface area contributed by atoms with Crippen LogP contribution < -0.4 is 0 Å². The average molecular weight is 1140 g/mol. The first kappa shape index (κ1) is 53.8. The van der Waals surface area contributed by atoms with Crippen molar-refractivity contribution < 1.29 is 14.4 Å². The van der Waals surface area contributed by atoms with Crippen LogP contribution in [0.4, 0.5) is 0 Å². The molecular formula is C63H55N13O3S3. The minimum absolute atomic E-state index is 0.00914. The number of hydrogen-bond donors (Lipinski definition) is 2. The number of H-pyrrole nitrogens is 2. The van der Waals surface area contributed by atoms with E-state index in [2.05, 4.69) is 16.0 Å². The SMILES string of the molecule is CCN(CC)C(=O)c1ccc(Sc2cccc3c2-c2nc-3nc3[nH]c(nc4nc(nc5[nH]c(n2)c2cccc(Sc6ccc(C(=O)N(CC)CC)cc6)c52)-c2cccc(Sc5ccc(C(=O)N(CC)CC)cc5)c2-4)c2nccnc32)cc1. The van der Waals surface area contributed by atoms with E-state index in [1.165, 1.54) is 0 Å². The number of amides is 3. The number of fused-ring (bicyclic) bond motifs is 20. The van der Waals surface area contributed by atoms with Crippen LogP contribution in [0.25, 0.3) is 89.9 Å². The van der Waals surface area contributed by atoms with E-state index in [0.717, 1.165) is 62.4 Å². The molecule has 0 atom stereocenters. The summed E-state index contributed by atoms with van der Waals surface area (Å²) in [5.74, 6) is 1.63. The van der Waals surface area contributed by atoms with Crippen LogP contribution in [0.5, 0.6) is 0 Å². The second-order valence-corrected chi connectivity index (χ2v) is 22.6. The lowest BCUT2D eigenvalue weighted by molar-refractivity contribution is 0.0765. The van der Waals surface area contributed by atoms with Gasteiger partial charge in [0, 0.05) is 131 Å². The fraction of sp³-hybridized carbons (Fsp3) is 0.190. The minimum atomic E-state index is -0.0106. The maximum absolute atomic E-state index is 13.4. The van der Waals surface area contributed by atoms with Gasteiger partial charge in [-0.1, -0.05) is 71.7 Å². The van der Waals surface area contributed by atoms with Gasteiger partial charge in [0.25, 0.3) is 17.7 Å². The van der Waals surface area contributed by atoms with Crippen molar-refractivity contribution in [1.82, 2.24) is 64.5 Å². The topological polar surface area (TPSA) is 196 Å². The number of benzene rings is 6. The van der Waals surface area contributed by atoms with E-state index in [9.17, 15) is 14.4 Å². The molecule has 408 valence electrons. The lowest BCUT2D eigenvalue weighted by Gasteiger charge is -2.18. The summed E-state index contributed by atoms with van der Waals surface area (Å²) in [5.41, 5.74) is 7.76. The highest BCUT2D eigenvalue weighted by Crippen LogP contribution is 2.46. The third-order valence-electron chi connectivity index (χ3n) is 14.6. The fourth-order valence-corrected chi connectivity index (χ4v) is 13.2. The summed E-state index contributed by atoms with van der Waals surface area (Å²) >= 11 is 4.66. The molecule has 82 heavy (non-hydrogen) atoms. The Kier molecular flexibility index (Phi) is 15.1. The molecule has 16 nitrogen and oxygen atoms in total. The highest BCUT2D eigenvalue weighted by atomic mass is 32.2. The third-order valence-corrected chi connectivity index (χ3v) is 17.8. The molecule has 8 bridgehead atoms. The van der Waals surface area contributed by atoms with Gasteiger partial charge in [0.15, 0.2) is 34.6 Å². The summed E-state index contributed by atoms with van der Waals surface area (Å²) in [6, 6.07) is 41.3. The molecule has 0 saturated carbocycles. The van der Waals surface area contributed by atoms with Crippen LogP contribution in [0.15, 0.2) is 169 Å². The first-order valence-corrected chi connectivity index (χ1v) is 29.8. The minimum Gasteiger partial charge on any atom is -0.339 e. The Morgan fingerprint density at radius 1 is 0.390 bits per heavy atom. The van der Waals surface area contributed by atoms with Gasteiger partial charge >= 0.3 is 0 Å². The second-order valence-electron chi connectivity index (χ2n) is 19.2. The molecule has 0 saturated heterocycles. The van der Waals surface area contributed by atoms with Crippen LogP contribution in [0.3, 0.4) is 0 Å². The van der Waals surface area contributed by atoms with Crippen molar-refractivity contribution in [3.05, 3.63) is 156 Å². The van der Waals surface area contributed by atoms with Gasteiger partial charge in [0.05, 0.1) is 0 Å². The van der Waals surface area contributed by atoms with E-state index in [4.69, 9.17) is 39.9 Å². The Morgan fingerprint density at radius 3 is 1.17 bits per heavy atom. The smallest absolute Gasteiger partial charge is 0.253 e. The van der Waals surface area contributed by atoms with Gasteiger partial charge in [-0.25, -0.2) is 39.9 Å². The van der Waals surface area contributed by atoms with Crippen LogP contribution in [0.1, 0.15) is 72.6 Å². The molecule has 12 rings (SSSR count). The van der Waals surface area contributed by atoms with E-state index in [-0.39, 0.29) is 17.7 Å². The summed E-state index contributed by atoms with van der Waals surface area (Å²) in [5, 5.41) is 1.60. The number of carbonyl (C=O) groups excluding carboxylic acids is 3. The molecule has 10 aromatic rings. The zero-order valence-electron chi connectivity index (χ0n) is 45.9. The van der Waals surface area contributed by atoms with E-state index in [1.807, 2.05) is 178 Å². The predicted octanol–water partition coefficient (Wildman–Crippen LogP) is 13.6. The first-order chi connectivity index (χ1) is 40.1. The largest absolute Gasteiger partial charge is 0.339 e. The zero-order valence-corrected chi connectivity index (χ0v) is 48.3. The average Bonchev–Trinajstić information content (AvgIpc) is 3.10. The Balaban J connectivity index is 1.07. The van der Waals surface area contributed by atoms with Crippen molar-refractivity contribution in [3.8, 4) is 45.6 Å². The number of hydrogen-bond acceptors (Lipinski definition) is 14. The first-order valence-electron chi connectivity index (χ1n) is 27.3. The molecule has 0 radical (unpaired) electrons. The molecule has 4 aromatic heterocycles. The maximum Gasteiger partial charge on any atom is 0.253 e. The Labute approximate surface area is 485 Å².